The Morgan fingerprint density at radius 2 is 2.19 bits per heavy atom. The Labute approximate surface area is 92.2 Å². The number of halogens is 1. The lowest BCUT2D eigenvalue weighted by Crippen LogP contribution is -2.13. The number of aliphatic hydroxyl groups excluding tert-OH is 1. The zero-order valence-electron chi connectivity index (χ0n) is 8.79. The Balaban J connectivity index is 2.56. The standard InChI is InChI=1S/C12H11FO3/c1-16-12(15)11-9-4-3-8(13)6-7(9)2-5-10(11)14/h3-4,6,14H,2,5H2,1H3. The lowest BCUT2D eigenvalue weighted by atomic mass is 9.89. The fourth-order valence-electron chi connectivity index (χ4n) is 1.88. The molecule has 0 atom stereocenters. The number of methoxy groups -OCH3 is 1. The van der Waals surface area contributed by atoms with Gasteiger partial charge in [0.15, 0.2) is 0 Å². The number of rotatable bonds is 1. The third-order valence-electron chi connectivity index (χ3n) is 2.65. The molecule has 1 aromatic carbocycles. The van der Waals surface area contributed by atoms with E-state index in [1.807, 2.05) is 0 Å². The number of esters is 1. The van der Waals surface area contributed by atoms with Crippen molar-refractivity contribution < 1.29 is 19.0 Å². The number of carbonyl (C=O) groups excluding carboxylic acids is 1. The fourth-order valence-corrected chi connectivity index (χ4v) is 1.88. The van der Waals surface area contributed by atoms with E-state index in [4.69, 9.17) is 0 Å². The van der Waals surface area contributed by atoms with Crippen LogP contribution in [0.25, 0.3) is 5.57 Å². The van der Waals surface area contributed by atoms with Gasteiger partial charge in [-0.25, -0.2) is 9.18 Å². The maximum Gasteiger partial charge on any atom is 0.341 e. The molecule has 0 aliphatic heterocycles. The lowest BCUT2D eigenvalue weighted by molar-refractivity contribution is -0.133. The van der Waals surface area contributed by atoms with Crippen LogP contribution in [-0.4, -0.2) is 18.2 Å². The van der Waals surface area contributed by atoms with Crippen molar-refractivity contribution in [1.29, 1.82) is 0 Å². The third kappa shape index (κ3) is 1.66. The van der Waals surface area contributed by atoms with Crippen molar-refractivity contribution in [3.05, 3.63) is 40.9 Å². The third-order valence-corrected chi connectivity index (χ3v) is 2.65. The largest absolute Gasteiger partial charge is 0.511 e. The summed E-state index contributed by atoms with van der Waals surface area (Å²) in [5, 5.41) is 9.67. The quantitative estimate of drug-likeness (QED) is 0.741. The van der Waals surface area contributed by atoms with Crippen LogP contribution < -0.4 is 0 Å². The van der Waals surface area contributed by atoms with Gasteiger partial charge in [0, 0.05) is 6.42 Å². The van der Waals surface area contributed by atoms with Gasteiger partial charge in [0.05, 0.1) is 7.11 Å². The summed E-state index contributed by atoms with van der Waals surface area (Å²) < 4.78 is 17.6. The van der Waals surface area contributed by atoms with Crippen molar-refractivity contribution in [2.45, 2.75) is 12.8 Å². The molecule has 0 unspecified atom stereocenters. The second-order valence-electron chi connectivity index (χ2n) is 3.61. The van der Waals surface area contributed by atoms with Gasteiger partial charge in [-0.1, -0.05) is 6.07 Å². The first-order valence-electron chi connectivity index (χ1n) is 4.92. The number of hydrogen-bond donors (Lipinski definition) is 1. The molecule has 0 heterocycles. The summed E-state index contributed by atoms with van der Waals surface area (Å²) in [6, 6.07) is 4.14. The number of aliphatic hydroxyl groups is 1. The number of benzene rings is 1. The van der Waals surface area contributed by atoms with Gasteiger partial charge < -0.3 is 9.84 Å². The van der Waals surface area contributed by atoms with Gasteiger partial charge in [-0.3, -0.25) is 0 Å². The number of allylic oxidation sites excluding steroid dienone is 1. The van der Waals surface area contributed by atoms with Crippen molar-refractivity contribution in [2.75, 3.05) is 7.11 Å². The molecule has 16 heavy (non-hydrogen) atoms. The Morgan fingerprint density at radius 3 is 2.88 bits per heavy atom. The average molecular weight is 222 g/mol. The molecule has 0 spiro atoms. The normalized spacial score (nSPS) is 14.6. The molecule has 0 bridgehead atoms. The van der Waals surface area contributed by atoms with E-state index in [0.29, 0.717) is 18.4 Å². The Morgan fingerprint density at radius 1 is 1.44 bits per heavy atom. The van der Waals surface area contributed by atoms with Gasteiger partial charge in [0.1, 0.15) is 17.1 Å². The van der Waals surface area contributed by atoms with Gasteiger partial charge in [0.25, 0.3) is 0 Å². The predicted molar refractivity (Wildman–Crippen MR) is 56.3 cm³/mol. The van der Waals surface area contributed by atoms with E-state index in [9.17, 15) is 14.3 Å². The minimum atomic E-state index is -0.593. The number of fused-ring (bicyclic) bond motifs is 1. The fraction of sp³-hybridized carbons (Fsp3) is 0.250. The van der Waals surface area contributed by atoms with Crippen molar-refractivity contribution in [2.24, 2.45) is 0 Å². The minimum Gasteiger partial charge on any atom is -0.511 e. The van der Waals surface area contributed by atoms with Gasteiger partial charge in [-0.2, -0.15) is 0 Å². The van der Waals surface area contributed by atoms with Crippen LogP contribution >= 0.6 is 0 Å². The predicted octanol–water partition coefficient (Wildman–Crippen LogP) is 2.21. The second-order valence-corrected chi connectivity index (χ2v) is 3.61. The van der Waals surface area contributed by atoms with Crippen LogP contribution in [-0.2, 0) is 16.0 Å². The van der Waals surface area contributed by atoms with E-state index in [0.717, 1.165) is 5.56 Å². The highest BCUT2D eigenvalue weighted by molar-refractivity contribution is 6.17. The summed E-state index contributed by atoms with van der Waals surface area (Å²) in [6.07, 6.45) is 0.861. The molecule has 0 saturated carbocycles. The first-order chi connectivity index (χ1) is 7.63. The summed E-state index contributed by atoms with van der Waals surface area (Å²) in [5.41, 5.74) is 1.42. The number of hydrogen-bond acceptors (Lipinski definition) is 3. The average Bonchev–Trinajstić information content (AvgIpc) is 2.28. The smallest absolute Gasteiger partial charge is 0.341 e. The Bertz CT molecular complexity index is 477. The molecule has 2 rings (SSSR count). The zero-order chi connectivity index (χ0) is 11.7. The Kier molecular flexibility index (Phi) is 2.64. The second kappa shape index (κ2) is 3.96. The SMILES string of the molecule is COC(=O)C1=C(O)CCc2cc(F)ccc21. The monoisotopic (exact) mass is 222 g/mol. The molecule has 0 amide bonds. The molecule has 1 aromatic rings. The summed E-state index contributed by atoms with van der Waals surface area (Å²) in [7, 11) is 1.25. The van der Waals surface area contributed by atoms with Crippen LogP contribution in [0.2, 0.25) is 0 Å². The number of aryl methyl sites for hydroxylation is 1. The molecule has 1 N–H and O–H groups in total. The van der Waals surface area contributed by atoms with E-state index < -0.39 is 5.97 Å². The van der Waals surface area contributed by atoms with Crippen LogP contribution in [0.3, 0.4) is 0 Å². The molecule has 84 valence electrons. The molecular formula is C12H11FO3. The highest BCUT2D eigenvalue weighted by atomic mass is 19.1. The minimum absolute atomic E-state index is 0.00552. The molecule has 1 aliphatic carbocycles. The molecule has 0 aromatic heterocycles. The highest BCUT2D eigenvalue weighted by Crippen LogP contribution is 2.31. The molecule has 0 radical (unpaired) electrons. The number of ether oxygens (including phenoxy) is 1. The van der Waals surface area contributed by atoms with Crippen LogP contribution in [0.1, 0.15) is 17.5 Å². The number of carbonyl (C=O) groups is 1. The van der Waals surface area contributed by atoms with Gasteiger partial charge in [0.2, 0.25) is 0 Å². The van der Waals surface area contributed by atoms with E-state index in [-0.39, 0.29) is 17.1 Å². The summed E-state index contributed by atoms with van der Waals surface area (Å²) in [5.74, 6) is -0.930. The lowest BCUT2D eigenvalue weighted by Gasteiger charge is -2.18. The summed E-state index contributed by atoms with van der Waals surface area (Å²) in [6.45, 7) is 0. The van der Waals surface area contributed by atoms with Crippen molar-refractivity contribution >= 4 is 11.5 Å². The topological polar surface area (TPSA) is 46.5 Å². The maximum atomic E-state index is 13.0. The van der Waals surface area contributed by atoms with E-state index in [1.165, 1.54) is 25.3 Å². The van der Waals surface area contributed by atoms with Gasteiger partial charge in [-0.05, 0) is 29.7 Å². The van der Waals surface area contributed by atoms with E-state index in [1.54, 1.807) is 0 Å². The van der Waals surface area contributed by atoms with Crippen LogP contribution in [0.5, 0.6) is 0 Å². The molecule has 1 aliphatic rings. The molecule has 0 fully saturated rings. The molecule has 3 nitrogen and oxygen atoms in total. The molecule has 4 heteroatoms. The summed E-state index contributed by atoms with van der Waals surface area (Å²) in [4.78, 5) is 11.5. The first-order valence-corrected chi connectivity index (χ1v) is 4.92. The first kappa shape index (κ1) is 10.7. The van der Waals surface area contributed by atoms with Crippen molar-refractivity contribution in [3.63, 3.8) is 0 Å². The van der Waals surface area contributed by atoms with E-state index >= 15 is 0 Å². The van der Waals surface area contributed by atoms with Crippen LogP contribution in [0.4, 0.5) is 4.39 Å². The van der Waals surface area contributed by atoms with Crippen molar-refractivity contribution in [3.8, 4) is 0 Å². The zero-order valence-corrected chi connectivity index (χ0v) is 8.79. The Hall–Kier alpha value is -1.84. The molecule has 0 saturated heterocycles. The summed E-state index contributed by atoms with van der Waals surface area (Å²) >= 11 is 0. The van der Waals surface area contributed by atoms with Crippen molar-refractivity contribution in [1.82, 2.24) is 0 Å². The highest BCUT2D eigenvalue weighted by Gasteiger charge is 2.25. The van der Waals surface area contributed by atoms with Gasteiger partial charge >= 0.3 is 5.97 Å². The van der Waals surface area contributed by atoms with Crippen LogP contribution in [0.15, 0.2) is 24.0 Å². The van der Waals surface area contributed by atoms with E-state index in [2.05, 4.69) is 4.74 Å². The molecular weight excluding hydrogens is 211 g/mol. The van der Waals surface area contributed by atoms with Gasteiger partial charge in [-0.15, -0.1) is 0 Å². The maximum absolute atomic E-state index is 13.0. The van der Waals surface area contributed by atoms with Crippen LogP contribution in [0, 0.1) is 5.82 Å².